The first-order valence-electron chi connectivity index (χ1n) is 13.1. The van der Waals surface area contributed by atoms with E-state index in [4.69, 9.17) is 14.5 Å². The van der Waals surface area contributed by atoms with Gasteiger partial charge in [0.25, 0.3) is 5.69 Å². The van der Waals surface area contributed by atoms with Crippen LogP contribution >= 0.6 is 11.8 Å². The van der Waals surface area contributed by atoms with Crippen molar-refractivity contribution >= 4 is 44.7 Å². The Hall–Kier alpha value is -4.28. The maximum atomic E-state index is 15.4. The lowest BCUT2D eigenvalue weighted by Crippen LogP contribution is -2.44. The van der Waals surface area contributed by atoms with Gasteiger partial charge in [-0.1, -0.05) is 12.1 Å². The standard InChI is InChI=1S/C27H28FN7O6S2/c1-16-11-23(33-32-16)29-25-24(40-3)26(34-9-10-41-14-17(34)2)31-27(30-25)42-22-8-7-20(13-21(22)28)43(38,39)15-18-5-4-6-19(12-18)35(36)37/h4-8,11-13,17H,9-10,14-15H2,1-3H3,(H2,29,30,31,32,33)/t17-/m0/s1. The number of ether oxygens (including phenoxy) is 2. The highest BCUT2D eigenvalue weighted by Gasteiger charge is 2.28. The summed E-state index contributed by atoms with van der Waals surface area (Å²) >= 11 is 0.923. The maximum absolute atomic E-state index is 15.4. The number of halogens is 1. The van der Waals surface area contributed by atoms with Crippen molar-refractivity contribution in [1.29, 1.82) is 0 Å². The van der Waals surface area contributed by atoms with E-state index < -0.39 is 26.3 Å². The number of non-ortho nitro benzene ring substituents is 1. The largest absolute Gasteiger partial charge is 0.490 e. The third-order valence-electron chi connectivity index (χ3n) is 6.57. The van der Waals surface area contributed by atoms with Gasteiger partial charge in [-0.25, -0.2) is 22.8 Å². The molecule has 43 heavy (non-hydrogen) atoms. The summed E-state index contributed by atoms with van der Waals surface area (Å²) in [5.74, 6) is 0.366. The molecular formula is C27H28FN7O6S2. The van der Waals surface area contributed by atoms with Crippen LogP contribution in [0, 0.1) is 22.9 Å². The Balaban J connectivity index is 1.46. The molecule has 2 aromatic heterocycles. The van der Waals surface area contributed by atoms with Gasteiger partial charge in [0.1, 0.15) is 5.82 Å². The molecule has 4 aromatic rings. The average Bonchev–Trinajstić information content (AvgIpc) is 3.38. The van der Waals surface area contributed by atoms with Crippen LogP contribution in [-0.2, 0) is 20.3 Å². The number of aromatic amines is 1. The summed E-state index contributed by atoms with van der Waals surface area (Å²) in [6.07, 6.45) is 0. The van der Waals surface area contributed by atoms with Crippen LogP contribution in [0.5, 0.6) is 5.75 Å². The van der Waals surface area contributed by atoms with Crippen LogP contribution in [0.4, 0.5) is 27.5 Å². The average molecular weight is 630 g/mol. The molecule has 0 aliphatic carbocycles. The fourth-order valence-electron chi connectivity index (χ4n) is 4.50. The molecule has 1 fully saturated rings. The third kappa shape index (κ3) is 6.87. The van der Waals surface area contributed by atoms with E-state index in [1.165, 1.54) is 43.5 Å². The summed E-state index contributed by atoms with van der Waals surface area (Å²) in [7, 11) is -2.49. The summed E-state index contributed by atoms with van der Waals surface area (Å²) < 4.78 is 52.7. The lowest BCUT2D eigenvalue weighted by molar-refractivity contribution is -0.384. The lowest BCUT2D eigenvalue weighted by atomic mass is 10.2. The van der Waals surface area contributed by atoms with Gasteiger partial charge >= 0.3 is 0 Å². The quantitative estimate of drug-likeness (QED) is 0.142. The molecule has 2 aromatic carbocycles. The van der Waals surface area contributed by atoms with Crippen molar-refractivity contribution in [3.05, 3.63) is 75.7 Å². The predicted octanol–water partition coefficient (Wildman–Crippen LogP) is 4.66. The summed E-state index contributed by atoms with van der Waals surface area (Å²) in [4.78, 5) is 21.6. The van der Waals surface area contributed by atoms with Crippen LogP contribution in [0.2, 0.25) is 0 Å². The first-order valence-corrected chi connectivity index (χ1v) is 15.5. The molecule has 0 saturated carbocycles. The minimum Gasteiger partial charge on any atom is -0.490 e. The Morgan fingerprint density at radius 3 is 2.74 bits per heavy atom. The first-order chi connectivity index (χ1) is 20.5. The van der Waals surface area contributed by atoms with E-state index in [-0.39, 0.29) is 32.2 Å². The fraction of sp³-hybridized carbons (Fsp3) is 0.296. The lowest BCUT2D eigenvalue weighted by Gasteiger charge is -2.35. The summed E-state index contributed by atoms with van der Waals surface area (Å²) in [6.45, 7) is 5.36. The van der Waals surface area contributed by atoms with E-state index in [2.05, 4.69) is 20.5 Å². The molecule has 16 heteroatoms. The third-order valence-corrected chi connectivity index (χ3v) is 9.17. The minimum absolute atomic E-state index is 0.0249. The number of rotatable bonds is 10. The molecule has 0 spiro atoms. The molecule has 2 N–H and O–H groups in total. The number of methoxy groups -OCH3 is 1. The number of nitro benzene ring substituents is 1. The zero-order valence-electron chi connectivity index (χ0n) is 23.4. The molecular weight excluding hydrogens is 601 g/mol. The van der Waals surface area contributed by atoms with E-state index in [9.17, 15) is 18.5 Å². The molecule has 0 radical (unpaired) electrons. The van der Waals surface area contributed by atoms with Crippen LogP contribution in [-0.4, -0.2) is 66.4 Å². The first kappa shape index (κ1) is 30.2. The number of sulfone groups is 1. The highest BCUT2D eigenvalue weighted by Crippen LogP contribution is 2.40. The maximum Gasteiger partial charge on any atom is 0.269 e. The molecule has 0 bridgehead atoms. The second-order valence-electron chi connectivity index (χ2n) is 9.77. The van der Waals surface area contributed by atoms with Gasteiger partial charge in [0.15, 0.2) is 32.4 Å². The van der Waals surface area contributed by atoms with Gasteiger partial charge in [0.05, 0.1) is 46.8 Å². The molecule has 1 atom stereocenters. The number of hydrogen-bond donors (Lipinski definition) is 2. The molecule has 1 aliphatic heterocycles. The topological polar surface area (TPSA) is 165 Å². The molecule has 1 saturated heterocycles. The van der Waals surface area contributed by atoms with Gasteiger partial charge < -0.3 is 19.7 Å². The number of aryl methyl sites for hydroxylation is 1. The Bertz CT molecular complexity index is 1770. The van der Waals surface area contributed by atoms with E-state index in [1.807, 2.05) is 18.7 Å². The fourth-order valence-corrected chi connectivity index (χ4v) is 6.60. The predicted molar refractivity (Wildman–Crippen MR) is 157 cm³/mol. The molecule has 0 unspecified atom stereocenters. The summed E-state index contributed by atoms with van der Waals surface area (Å²) in [5, 5.41) is 21.5. The van der Waals surface area contributed by atoms with E-state index in [0.717, 1.165) is 23.5 Å². The molecule has 1 aliphatic rings. The van der Waals surface area contributed by atoms with Crippen molar-refractivity contribution in [2.45, 2.75) is 40.6 Å². The second-order valence-corrected chi connectivity index (χ2v) is 12.8. The molecule has 0 amide bonds. The second kappa shape index (κ2) is 12.5. The van der Waals surface area contributed by atoms with Gasteiger partial charge in [-0.2, -0.15) is 5.10 Å². The number of aromatic nitrogens is 4. The van der Waals surface area contributed by atoms with Gasteiger partial charge in [0, 0.05) is 30.4 Å². The van der Waals surface area contributed by atoms with Crippen molar-refractivity contribution in [2.24, 2.45) is 0 Å². The van der Waals surface area contributed by atoms with Crippen LogP contribution in [0.25, 0.3) is 0 Å². The van der Waals surface area contributed by atoms with Crippen molar-refractivity contribution in [3.8, 4) is 5.75 Å². The van der Waals surface area contributed by atoms with E-state index in [1.54, 1.807) is 6.07 Å². The Kier molecular flexibility index (Phi) is 8.79. The van der Waals surface area contributed by atoms with Crippen molar-refractivity contribution < 1.29 is 27.2 Å². The zero-order valence-corrected chi connectivity index (χ0v) is 25.0. The number of morpholine rings is 1. The normalized spacial score (nSPS) is 15.3. The van der Waals surface area contributed by atoms with Crippen molar-refractivity contribution in [3.63, 3.8) is 0 Å². The van der Waals surface area contributed by atoms with Gasteiger partial charge in [-0.3, -0.25) is 15.2 Å². The highest BCUT2D eigenvalue weighted by molar-refractivity contribution is 7.99. The van der Waals surface area contributed by atoms with Crippen LogP contribution in [0.15, 0.2) is 63.5 Å². The number of anilines is 3. The number of hydrogen-bond acceptors (Lipinski definition) is 12. The number of nitro groups is 1. The van der Waals surface area contributed by atoms with Crippen LogP contribution in [0.1, 0.15) is 18.2 Å². The number of benzene rings is 2. The van der Waals surface area contributed by atoms with Crippen LogP contribution in [0.3, 0.4) is 0 Å². The molecule has 226 valence electrons. The van der Waals surface area contributed by atoms with Gasteiger partial charge in [-0.05, 0) is 49.4 Å². The van der Waals surface area contributed by atoms with Crippen molar-refractivity contribution in [1.82, 2.24) is 20.2 Å². The molecule has 5 rings (SSSR count). The van der Waals surface area contributed by atoms with Crippen LogP contribution < -0.4 is 15.0 Å². The molecule has 3 heterocycles. The smallest absolute Gasteiger partial charge is 0.269 e. The van der Waals surface area contributed by atoms with E-state index in [0.29, 0.717) is 43.0 Å². The summed E-state index contributed by atoms with van der Waals surface area (Å²) in [5.41, 5.74) is 0.818. The monoisotopic (exact) mass is 629 g/mol. The molecule has 13 nitrogen and oxygen atoms in total. The van der Waals surface area contributed by atoms with Gasteiger partial charge in [-0.15, -0.1) is 0 Å². The number of H-pyrrole nitrogens is 1. The Morgan fingerprint density at radius 1 is 1.26 bits per heavy atom. The Morgan fingerprint density at radius 2 is 2.07 bits per heavy atom. The highest BCUT2D eigenvalue weighted by atomic mass is 32.2. The van der Waals surface area contributed by atoms with E-state index >= 15 is 4.39 Å². The summed E-state index contributed by atoms with van der Waals surface area (Å²) in [6, 6.07) is 10.6. The Labute approximate surface area is 250 Å². The van der Waals surface area contributed by atoms with Crippen molar-refractivity contribution in [2.75, 3.05) is 37.1 Å². The number of nitrogens with zero attached hydrogens (tertiary/aromatic N) is 5. The van der Waals surface area contributed by atoms with Gasteiger partial charge in [0.2, 0.25) is 5.75 Å². The SMILES string of the molecule is COc1c(Nc2cc(C)[nH]n2)nc(Sc2ccc(S(=O)(=O)Cc3cccc([N+](=O)[O-])c3)cc2F)nc1N1CCOC[C@@H]1C. The minimum atomic E-state index is -4.00. The number of nitrogens with one attached hydrogen (secondary N) is 2. The zero-order chi connectivity index (χ0) is 30.7.